The van der Waals surface area contributed by atoms with E-state index in [0.717, 1.165) is 30.5 Å². The lowest BCUT2D eigenvalue weighted by molar-refractivity contribution is 0.244. The molecule has 1 aliphatic heterocycles. The molecule has 3 nitrogen and oxygen atoms in total. The molecule has 0 saturated carbocycles. The molecule has 0 bridgehead atoms. The van der Waals surface area contributed by atoms with Gasteiger partial charge in [-0.25, -0.2) is 0 Å². The normalized spacial score (nSPS) is 19.7. The molecule has 0 aliphatic carbocycles. The van der Waals surface area contributed by atoms with Crippen molar-refractivity contribution >= 4 is 21.6 Å². The van der Waals surface area contributed by atoms with Gasteiger partial charge in [-0.2, -0.15) is 0 Å². The average Bonchev–Trinajstić information content (AvgIpc) is 2.40. The summed E-state index contributed by atoms with van der Waals surface area (Å²) in [5.74, 6) is 0.629. The number of nitrogens with zero attached hydrogens (tertiary/aromatic N) is 1. The molecular weight excluding hydrogens is 304 g/mol. The molecule has 19 heavy (non-hydrogen) atoms. The van der Waals surface area contributed by atoms with E-state index in [1.807, 2.05) is 7.05 Å². The summed E-state index contributed by atoms with van der Waals surface area (Å²) in [4.78, 5) is 2.48. The number of aliphatic hydroxyl groups is 1. The van der Waals surface area contributed by atoms with Crippen LogP contribution in [-0.2, 0) is 6.54 Å². The Balaban J connectivity index is 2.15. The Labute approximate surface area is 124 Å². The van der Waals surface area contributed by atoms with E-state index in [4.69, 9.17) is 5.11 Å². The van der Waals surface area contributed by atoms with E-state index in [1.54, 1.807) is 0 Å². The van der Waals surface area contributed by atoms with Gasteiger partial charge < -0.3 is 15.3 Å². The topological polar surface area (TPSA) is 35.5 Å². The van der Waals surface area contributed by atoms with Gasteiger partial charge in [-0.15, -0.1) is 0 Å². The maximum absolute atomic E-state index is 9.12. The molecule has 1 fully saturated rings. The quantitative estimate of drug-likeness (QED) is 0.873. The Kier molecular flexibility index (Phi) is 5.67. The highest BCUT2D eigenvalue weighted by atomic mass is 79.9. The highest BCUT2D eigenvalue weighted by molar-refractivity contribution is 9.10. The standard InChI is InChI=1S/C15H23BrN2O/c1-17-10-13-9-14(16)4-5-15(13)18-7-2-3-12(11-18)6-8-19/h4-5,9,12,17,19H,2-3,6-8,10-11H2,1H3. The summed E-state index contributed by atoms with van der Waals surface area (Å²) in [5.41, 5.74) is 2.67. The maximum Gasteiger partial charge on any atom is 0.0434 e. The summed E-state index contributed by atoms with van der Waals surface area (Å²) in [6.07, 6.45) is 3.39. The molecule has 1 aliphatic rings. The van der Waals surface area contributed by atoms with Crippen molar-refractivity contribution in [2.75, 3.05) is 31.6 Å². The summed E-state index contributed by atoms with van der Waals surface area (Å²) in [7, 11) is 1.98. The third-order valence-electron chi connectivity index (χ3n) is 3.81. The van der Waals surface area contributed by atoms with Crippen molar-refractivity contribution in [1.29, 1.82) is 0 Å². The van der Waals surface area contributed by atoms with Crippen LogP contribution >= 0.6 is 15.9 Å². The minimum Gasteiger partial charge on any atom is -0.396 e. The number of aliphatic hydroxyl groups excluding tert-OH is 1. The molecule has 1 aromatic carbocycles. The fourth-order valence-electron chi connectivity index (χ4n) is 2.90. The van der Waals surface area contributed by atoms with E-state index in [1.165, 1.54) is 24.1 Å². The summed E-state index contributed by atoms with van der Waals surface area (Å²) in [5, 5.41) is 12.4. The van der Waals surface area contributed by atoms with Crippen LogP contribution in [0.2, 0.25) is 0 Å². The molecule has 1 aromatic rings. The zero-order valence-corrected chi connectivity index (χ0v) is 13.1. The first-order valence-electron chi connectivity index (χ1n) is 7.03. The minimum absolute atomic E-state index is 0.308. The highest BCUT2D eigenvalue weighted by Gasteiger charge is 2.21. The number of rotatable bonds is 5. The fraction of sp³-hybridized carbons (Fsp3) is 0.600. The summed E-state index contributed by atoms with van der Waals surface area (Å²) >= 11 is 3.55. The molecule has 0 aromatic heterocycles. The number of hydrogen-bond acceptors (Lipinski definition) is 3. The van der Waals surface area contributed by atoms with E-state index in [9.17, 15) is 0 Å². The van der Waals surface area contributed by atoms with E-state index in [2.05, 4.69) is 44.3 Å². The van der Waals surface area contributed by atoms with Gasteiger partial charge in [0.15, 0.2) is 0 Å². The van der Waals surface area contributed by atoms with E-state index >= 15 is 0 Å². The molecule has 1 atom stereocenters. The van der Waals surface area contributed by atoms with Gasteiger partial charge >= 0.3 is 0 Å². The van der Waals surface area contributed by atoms with E-state index in [0.29, 0.717) is 12.5 Å². The molecule has 0 radical (unpaired) electrons. The van der Waals surface area contributed by atoms with Gasteiger partial charge in [-0.05, 0) is 56.0 Å². The first-order chi connectivity index (χ1) is 9.24. The number of anilines is 1. The smallest absolute Gasteiger partial charge is 0.0434 e. The van der Waals surface area contributed by atoms with Crippen LogP contribution < -0.4 is 10.2 Å². The van der Waals surface area contributed by atoms with E-state index in [-0.39, 0.29) is 0 Å². The van der Waals surface area contributed by atoms with Crippen LogP contribution in [0, 0.1) is 5.92 Å². The molecule has 0 spiro atoms. The number of halogens is 1. The van der Waals surface area contributed by atoms with Crippen molar-refractivity contribution in [3.63, 3.8) is 0 Å². The van der Waals surface area contributed by atoms with Crippen molar-refractivity contribution in [3.8, 4) is 0 Å². The second kappa shape index (κ2) is 7.27. The van der Waals surface area contributed by atoms with Crippen molar-refractivity contribution < 1.29 is 5.11 Å². The number of piperidine rings is 1. The number of benzene rings is 1. The van der Waals surface area contributed by atoms with Gasteiger partial charge in [0.1, 0.15) is 0 Å². The second-order valence-corrected chi connectivity index (χ2v) is 6.19. The van der Waals surface area contributed by atoms with Crippen molar-refractivity contribution in [1.82, 2.24) is 5.32 Å². The largest absolute Gasteiger partial charge is 0.396 e. The van der Waals surface area contributed by atoms with Gasteiger partial charge in [0.05, 0.1) is 0 Å². The van der Waals surface area contributed by atoms with Crippen molar-refractivity contribution in [2.45, 2.75) is 25.8 Å². The Morgan fingerprint density at radius 2 is 2.32 bits per heavy atom. The molecule has 1 unspecified atom stereocenters. The Morgan fingerprint density at radius 1 is 1.47 bits per heavy atom. The number of nitrogens with one attached hydrogen (secondary N) is 1. The zero-order valence-electron chi connectivity index (χ0n) is 11.5. The molecule has 1 saturated heterocycles. The van der Waals surface area contributed by atoms with Crippen LogP contribution in [0.3, 0.4) is 0 Å². The molecule has 1 heterocycles. The Morgan fingerprint density at radius 3 is 3.05 bits per heavy atom. The summed E-state index contributed by atoms with van der Waals surface area (Å²) in [6.45, 7) is 3.39. The van der Waals surface area contributed by atoms with Gasteiger partial charge in [-0.1, -0.05) is 15.9 Å². The average molecular weight is 327 g/mol. The van der Waals surface area contributed by atoms with Crippen LogP contribution in [0.15, 0.2) is 22.7 Å². The van der Waals surface area contributed by atoms with Crippen LogP contribution in [0.25, 0.3) is 0 Å². The SMILES string of the molecule is CNCc1cc(Br)ccc1N1CCCC(CCO)C1. The molecule has 2 rings (SSSR count). The maximum atomic E-state index is 9.12. The summed E-state index contributed by atoms with van der Waals surface area (Å²) < 4.78 is 1.13. The molecule has 2 N–H and O–H groups in total. The van der Waals surface area contributed by atoms with Crippen molar-refractivity contribution in [2.24, 2.45) is 5.92 Å². The first kappa shape index (κ1) is 14.8. The predicted octanol–water partition coefficient (Wildman–Crippen LogP) is 2.77. The van der Waals surface area contributed by atoms with Crippen molar-refractivity contribution in [3.05, 3.63) is 28.2 Å². The van der Waals surface area contributed by atoms with E-state index < -0.39 is 0 Å². The minimum atomic E-state index is 0.308. The highest BCUT2D eigenvalue weighted by Crippen LogP contribution is 2.29. The second-order valence-electron chi connectivity index (χ2n) is 5.27. The zero-order chi connectivity index (χ0) is 13.7. The molecule has 4 heteroatoms. The Hall–Kier alpha value is -0.580. The van der Waals surface area contributed by atoms with Gasteiger partial charge in [0, 0.05) is 36.4 Å². The van der Waals surface area contributed by atoms with Crippen LogP contribution in [-0.4, -0.2) is 31.9 Å². The third-order valence-corrected chi connectivity index (χ3v) is 4.30. The molecule has 0 amide bonds. The Bertz CT molecular complexity index is 409. The molecular formula is C15H23BrN2O. The van der Waals surface area contributed by atoms with Crippen LogP contribution in [0.4, 0.5) is 5.69 Å². The lowest BCUT2D eigenvalue weighted by atomic mass is 9.94. The first-order valence-corrected chi connectivity index (χ1v) is 7.82. The van der Waals surface area contributed by atoms with Crippen LogP contribution in [0.5, 0.6) is 0 Å². The third kappa shape index (κ3) is 3.94. The van der Waals surface area contributed by atoms with Gasteiger partial charge in [0.25, 0.3) is 0 Å². The number of hydrogen-bond donors (Lipinski definition) is 2. The lowest BCUT2D eigenvalue weighted by Gasteiger charge is -2.35. The fourth-order valence-corrected chi connectivity index (χ4v) is 3.31. The predicted molar refractivity (Wildman–Crippen MR) is 83.5 cm³/mol. The lowest BCUT2D eigenvalue weighted by Crippen LogP contribution is -2.36. The monoisotopic (exact) mass is 326 g/mol. The van der Waals surface area contributed by atoms with Gasteiger partial charge in [0.2, 0.25) is 0 Å². The van der Waals surface area contributed by atoms with Crippen LogP contribution in [0.1, 0.15) is 24.8 Å². The summed E-state index contributed by atoms with van der Waals surface area (Å²) in [6, 6.07) is 6.52. The molecule has 106 valence electrons. The van der Waals surface area contributed by atoms with Gasteiger partial charge in [-0.3, -0.25) is 0 Å².